The zero-order valence-corrected chi connectivity index (χ0v) is 17.4. The number of hydrogen-bond donors (Lipinski definition) is 2. The van der Waals surface area contributed by atoms with Gasteiger partial charge >= 0.3 is 0 Å². The Bertz CT molecular complexity index is 1280. The summed E-state index contributed by atoms with van der Waals surface area (Å²) in [5.41, 5.74) is 2.87. The fourth-order valence-corrected chi connectivity index (χ4v) is 3.79. The van der Waals surface area contributed by atoms with E-state index in [1.165, 1.54) is 6.33 Å². The highest BCUT2D eigenvalue weighted by Gasteiger charge is 2.33. The summed E-state index contributed by atoms with van der Waals surface area (Å²) in [7, 11) is 0. The minimum atomic E-state index is -0.461. The number of ether oxygens (including phenoxy) is 1. The Balaban J connectivity index is 1.53. The van der Waals surface area contributed by atoms with E-state index in [2.05, 4.69) is 20.7 Å². The number of carbonyl (C=O) groups excluding carboxylic acids is 1. The van der Waals surface area contributed by atoms with Crippen molar-refractivity contribution < 1.29 is 9.53 Å². The summed E-state index contributed by atoms with van der Waals surface area (Å²) in [5, 5.41) is 10.6. The monoisotopic (exact) mass is 423 g/mol. The Morgan fingerprint density at radius 2 is 1.69 bits per heavy atom. The molecular weight excluding hydrogens is 402 g/mol. The molecule has 1 aliphatic heterocycles. The van der Waals surface area contributed by atoms with E-state index in [1.807, 2.05) is 91.9 Å². The molecule has 1 amide bonds. The van der Waals surface area contributed by atoms with E-state index in [9.17, 15) is 4.79 Å². The largest absolute Gasteiger partial charge is 0.457 e. The lowest BCUT2D eigenvalue weighted by Gasteiger charge is -2.29. The number of nitrogens with zero attached hydrogens (tertiary/aromatic N) is 3. The minimum absolute atomic E-state index is 0.207. The maximum atomic E-state index is 13.4. The first-order chi connectivity index (χ1) is 15.7. The van der Waals surface area contributed by atoms with Gasteiger partial charge in [0.2, 0.25) is 5.95 Å². The van der Waals surface area contributed by atoms with Crippen LogP contribution in [0, 0.1) is 0 Å². The van der Waals surface area contributed by atoms with Crippen molar-refractivity contribution in [2.45, 2.75) is 13.0 Å². The van der Waals surface area contributed by atoms with E-state index in [1.54, 1.807) is 4.68 Å². The van der Waals surface area contributed by atoms with Crippen molar-refractivity contribution in [1.29, 1.82) is 0 Å². The van der Waals surface area contributed by atoms with Gasteiger partial charge in [-0.15, -0.1) is 0 Å². The van der Waals surface area contributed by atoms with Gasteiger partial charge in [0.15, 0.2) is 0 Å². The summed E-state index contributed by atoms with van der Waals surface area (Å²) in [4.78, 5) is 17.7. The third-order valence-corrected chi connectivity index (χ3v) is 5.22. The van der Waals surface area contributed by atoms with Gasteiger partial charge in [0.05, 0.1) is 5.57 Å². The molecule has 0 saturated carbocycles. The molecule has 32 heavy (non-hydrogen) atoms. The summed E-state index contributed by atoms with van der Waals surface area (Å²) in [6.45, 7) is 1.87. The van der Waals surface area contributed by atoms with Crippen LogP contribution in [0.15, 0.2) is 103 Å². The molecule has 0 spiro atoms. The van der Waals surface area contributed by atoms with Crippen molar-refractivity contribution in [1.82, 2.24) is 14.8 Å². The molecule has 7 heteroatoms. The molecule has 2 heterocycles. The first-order valence-corrected chi connectivity index (χ1v) is 10.3. The molecule has 5 rings (SSSR count). The van der Waals surface area contributed by atoms with Gasteiger partial charge in [0, 0.05) is 11.4 Å². The van der Waals surface area contributed by atoms with Crippen molar-refractivity contribution in [2.75, 3.05) is 10.6 Å². The van der Waals surface area contributed by atoms with E-state index in [0.717, 1.165) is 22.7 Å². The van der Waals surface area contributed by atoms with Crippen LogP contribution < -0.4 is 15.4 Å². The normalized spacial score (nSPS) is 15.0. The van der Waals surface area contributed by atoms with Crippen molar-refractivity contribution in [2.24, 2.45) is 0 Å². The van der Waals surface area contributed by atoms with Crippen molar-refractivity contribution >= 4 is 17.5 Å². The highest BCUT2D eigenvalue weighted by molar-refractivity contribution is 6.06. The molecule has 1 atom stereocenters. The Hall–Kier alpha value is -4.39. The molecule has 3 aromatic carbocycles. The summed E-state index contributed by atoms with van der Waals surface area (Å²) >= 11 is 0. The quantitative estimate of drug-likeness (QED) is 0.472. The van der Waals surface area contributed by atoms with Gasteiger partial charge < -0.3 is 15.4 Å². The molecule has 0 bridgehead atoms. The Morgan fingerprint density at radius 3 is 2.47 bits per heavy atom. The molecule has 0 aliphatic carbocycles. The summed E-state index contributed by atoms with van der Waals surface area (Å²) in [6, 6.07) is 26.2. The van der Waals surface area contributed by atoms with Crippen LogP contribution in [-0.2, 0) is 4.79 Å². The number of benzene rings is 3. The average molecular weight is 423 g/mol. The lowest BCUT2D eigenvalue weighted by molar-refractivity contribution is -0.113. The van der Waals surface area contributed by atoms with Gasteiger partial charge in [-0.2, -0.15) is 10.1 Å². The maximum Gasteiger partial charge on any atom is 0.255 e. The van der Waals surface area contributed by atoms with E-state index >= 15 is 0 Å². The molecular formula is C25H21N5O2. The SMILES string of the molecule is CC1=C(C(=O)Nc2ccccc2)[C@@H](c2cccc(Oc3ccccc3)c2)n2ncnc2N1. The van der Waals surface area contributed by atoms with Gasteiger partial charge in [0.1, 0.15) is 23.9 Å². The minimum Gasteiger partial charge on any atom is -0.457 e. The van der Waals surface area contributed by atoms with Crippen molar-refractivity contribution in [3.05, 3.63) is 108 Å². The number of fused-ring (bicyclic) bond motifs is 1. The molecule has 0 unspecified atom stereocenters. The summed E-state index contributed by atoms with van der Waals surface area (Å²) < 4.78 is 7.74. The molecule has 4 aromatic rings. The van der Waals surface area contributed by atoms with Crippen LogP contribution >= 0.6 is 0 Å². The second-order valence-electron chi connectivity index (χ2n) is 7.40. The Morgan fingerprint density at radius 1 is 0.969 bits per heavy atom. The molecule has 7 nitrogen and oxygen atoms in total. The smallest absolute Gasteiger partial charge is 0.255 e. The van der Waals surface area contributed by atoms with Crippen LogP contribution in [0.3, 0.4) is 0 Å². The average Bonchev–Trinajstić information content (AvgIpc) is 3.27. The van der Waals surface area contributed by atoms with Gasteiger partial charge in [-0.1, -0.05) is 48.5 Å². The molecule has 1 aliphatic rings. The number of carbonyl (C=O) groups is 1. The molecule has 2 N–H and O–H groups in total. The summed E-state index contributed by atoms with van der Waals surface area (Å²) in [5.74, 6) is 1.79. The number of nitrogens with one attached hydrogen (secondary N) is 2. The first-order valence-electron chi connectivity index (χ1n) is 10.3. The van der Waals surface area contributed by atoms with Crippen LogP contribution in [0.1, 0.15) is 18.5 Å². The zero-order chi connectivity index (χ0) is 21.9. The molecule has 0 saturated heterocycles. The highest BCUT2D eigenvalue weighted by atomic mass is 16.5. The summed E-state index contributed by atoms with van der Waals surface area (Å²) in [6.07, 6.45) is 1.48. The predicted octanol–water partition coefficient (Wildman–Crippen LogP) is 5.00. The fraction of sp³-hybridized carbons (Fsp3) is 0.0800. The number of amides is 1. The number of anilines is 2. The van der Waals surface area contributed by atoms with Gasteiger partial charge in [-0.05, 0) is 48.9 Å². The number of hydrogen-bond acceptors (Lipinski definition) is 5. The molecule has 0 radical (unpaired) electrons. The number of aromatic nitrogens is 3. The van der Waals surface area contributed by atoms with E-state index in [4.69, 9.17) is 4.74 Å². The number of para-hydroxylation sites is 2. The number of allylic oxidation sites excluding steroid dienone is 1. The lowest BCUT2D eigenvalue weighted by atomic mass is 9.95. The zero-order valence-electron chi connectivity index (χ0n) is 17.4. The highest BCUT2D eigenvalue weighted by Crippen LogP contribution is 2.36. The topological polar surface area (TPSA) is 81.1 Å². The molecule has 158 valence electrons. The van der Waals surface area contributed by atoms with Crippen LogP contribution in [0.2, 0.25) is 0 Å². The van der Waals surface area contributed by atoms with Crippen molar-refractivity contribution in [3.63, 3.8) is 0 Å². The van der Waals surface area contributed by atoms with E-state index in [0.29, 0.717) is 17.3 Å². The van der Waals surface area contributed by atoms with Gasteiger partial charge in [-0.25, -0.2) is 4.68 Å². The van der Waals surface area contributed by atoms with Crippen LogP contribution in [-0.4, -0.2) is 20.7 Å². The Labute approximate surface area is 185 Å². The van der Waals surface area contributed by atoms with Crippen LogP contribution in [0.5, 0.6) is 11.5 Å². The Kier molecular flexibility index (Phi) is 5.13. The second-order valence-corrected chi connectivity index (χ2v) is 7.40. The van der Waals surface area contributed by atoms with Crippen LogP contribution in [0.4, 0.5) is 11.6 Å². The number of rotatable bonds is 5. The van der Waals surface area contributed by atoms with E-state index in [-0.39, 0.29) is 5.91 Å². The first kappa shape index (κ1) is 19.6. The molecule has 1 aromatic heterocycles. The predicted molar refractivity (Wildman–Crippen MR) is 123 cm³/mol. The standard InChI is InChI=1S/C25H21N5O2/c1-17-22(24(31)29-19-10-4-2-5-11-19)23(30-25(28-17)26-16-27-30)18-9-8-14-21(15-18)32-20-12-6-3-7-13-20/h2-16,23H,1H3,(H,29,31)(H,26,27,28)/t23-/m1/s1. The fourth-order valence-electron chi connectivity index (χ4n) is 3.79. The van der Waals surface area contributed by atoms with Crippen molar-refractivity contribution in [3.8, 4) is 11.5 Å². The van der Waals surface area contributed by atoms with Gasteiger partial charge in [-0.3, -0.25) is 4.79 Å². The molecule has 0 fully saturated rings. The van der Waals surface area contributed by atoms with Gasteiger partial charge in [0.25, 0.3) is 5.91 Å². The van der Waals surface area contributed by atoms with Crippen LogP contribution in [0.25, 0.3) is 0 Å². The third-order valence-electron chi connectivity index (χ3n) is 5.22. The van der Waals surface area contributed by atoms with E-state index < -0.39 is 6.04 Å². The third kappa shape index (κ3) is 3.83. The maximum absolute atomic E-state index is 13.4. The lowest BCUT2D eigenvalue weighted by Crippen LogP contribution is -2.31. The second kappa shape index (κ2) is 8.39.